The van der Waals surface area contributed by atoms with Gasteiger partial charge < -0.3 is 19.5 Å². The molecule has 0 radical (unpaired) electrons. The molecule has 0 spiro atoms. The molecule has 0 atom stereocenters. The summed E-state index contributed by atoms with van der Waals surface area (Å²) in [4.78, 5) is 4.56. The Morgan fingerprint density at radius 1 is 1.06 bits per heavy atom. The molecule has 5 heteroatoms. The quantitative estimate of drug-likeness (QED) is 0.760. The number of aromatic nitrogens is 1. The average molecular weight is 244 g/mol. The van der Waals surface area contributed by atoms with Crippen molar-refractivity contribution >= 4 is 10.9 Å². The number of pyridine rings is 1. The van der Waals surface area contributed by atoms with Crippen LogP contribution < -0.4 is 19.5 Å². The lowest BCUT2D eigenvalue weighted by Crippen LogP contribution is -2.16. The van der Waals surface area contributed by atoms with Gasteiger partial charge in [-0.25, -0.2) is 4.98 Å². The summed E-state index contributed by atoms with van der Waals surface area (Å²) < 4.78 is 16.4. The molecule has 0 amide bonds. The smallest absolute Gasteiger partial charge is 0.231 e. The predicted octanol–water partition coefficient (Wildman–Crippen LogP) is 1.45. The van der Waals surface area contributed by atoms with E-state index in [0.29, 0.717) is 12.5 Å². The molecule has 1 aromatic carbocycles. The molecule has 3 heterocycles. The van der Waals surface area contributed by atoms with Gasteiger partial charge in [0.15, 0.2) is 11.5 Å². The molecule has 4 rings (SSSR count). The van der Waals surface area contributed by atoms with Crippen molar-refractivity contribution in [1.29, 1.82) is 0 Å². The number of hydrogen-bond donors (Lipinski definition) is 1. The molecule has 0 bridgehead atoms. The SMILES string of the molecule is c1c2c(nc3cc4c(cc13)OCO4)OCCNC2. The highest BCUT2D eigenvalue weighted by atomic mass is 16.7. The van der Waals surface area contributed by atoms with E-state index in [2.05, 4.69) is 16.4 Å². The van der Waals surface area contributed by atoms with Gasteiger partial charge in [-0.3, -0.25) is 0 Å². The fraction of sp³-hybridized carbons (Fsp3) is 0.308. The van der Waals surface area contributed by atoms with E-state index in [1.54, 1.807) is 0 Å². The molecule has 1 N–H and O–H groups in total. The van der Waals surface area contributed by atoms with Crippen LogP contribution in [0.4, 0.5) is 0 Å². The summed E-state index contributed by atoms with van der Waals surface area (Å²) in [5.41, 5.74) is 1.96. The van der Waals surface area contributed by atoms with Gasteiger partial charge in [-0.1, -0.05) is 0 Å². The molecule has 0 saturated carbocycles. The lowest BCUT2D eigenvalue weighted by molar-refractivity contribution is 0.174. The van der Waals surface area contributed by atoms with Gasteiger partial charge in [-0.05, 0) is 12.1 Å². The molecule has 0 aliphatic carbocycles. The molecule has 5 nitrogen and oxygen atoms in total. The summed E-state index contributed by atoms with van der Waals surface area (Å²) in [6.07, 6.45) is 0. The summed E-state index contributed by atoms with van der Waals surface area (Å²) in [6.45, 7) is 2.56. The van der Waals surface area contributed by atoms with E-state index < -0.39 is 0 Å². The Morgan fingerprint density at radius 3 is 2.89 bits per heavy atom. The lowest BCUT2D eigenvalue weighted by atomic mass is 10.1. The standard InChI is InChI=1S/C13H12N2O3/c1-2-16-13-9(6-14-1)3-8-4-11-12(18-7-17-11)5-10(8)15-13/h3-5,14H,1-2,6-7H2. The largest absolute Gasteiger partial charge is 0.476 e. The molecule has 2 aliphatic heterocycles. The van der Waals surface area contributed by atoms with Crippen LogP contribution in [-0.4, -0.2) is 24.9 Å². The molecule has 0 fully saturated rings. The number of nitrogens with zero attached hydrogens (tertiary/aromatic N) is 1. The number of benzene rings is 1. The zero-order valence-corrected chi connectivity index (χ0v) is 9.73. The first-order chi connectivity index (χ1) is 8.90. The highest BCUT2D eigenvalue weighted by Crippen LogP contribution is 2.36. The third-order valence-corrected chi connectivity index (χ3v) is 3.18. The second-order valence-corrected chi connectivity index (χ2v) is 4.38. The van der Waals surface area contributed by atoms with E-state index in [1.165, 1.54) is 0 Å². The van der Waals surface area contributed by atoms with Crippen molar-refractivity contribution in [2.24, 2.45) is 0 Å². The van der Waals surface area contributed by atoms with Crippen LogP contribution in [-0.2, 0) is 6.54 Å². The average Bonchev–Trinajstić information content (AvgIpc) is 2.70. The topological polar surface area (TPSA) is 52.6 Å². The van der Waals surface area contributed by atoms with Gasteiger partial charge in [0.25, 0.3) is 0 Å². The monoisotopic (exact) mass is 244 g/mol. The number of ether oxygens (including phenoxy) is 3. The van der Waals surface area contributed by atoms with Crippen molar-refractivity contribution in [3.05, 3.63) is 23.8 Å². The molecule has 0 unspecified atom stereocenters. The summed E-state index contributed by atoms with van der Waals surface area (Å²) in [5, 5.41) is 4.35. The van der Waals surface area contributed by atoms with Gasteiger partial charge in [0.2, 0.25) is 12.7 Å². The molecular formula is C13H12N2O3. The summed E-state index contributed by atoms with van der Waals surface area (Å²) in [6, 6.07) is 5.97. The van der Waals surface area contributed by atoms with Crippen LogP contribution in [0.3, 0.4) is 0 Å². The number of fused-ring (bicyclic) bond motifs is 3. The second-order valence-electron chi connectivity index (χ2n) is 4.38. The Morgan fingerprint density at radius 2 is 1.94 bits per heavy atom. The van der Waals surface area contributed by atoms with Crippen molar-refractivity contribution in [1.82, 2.24) is 10.3 Å². The summed E-state index contributed by atoms with van der Waals surface area (Å²) >= 11 is 0. The zero-order valence-electron chi connectivity index (χ0n) is 9.73. The maximum atomic E-state index is 5.63. The summed E-state index contributed by atoms with van der Waals surface area (Å²) in [5.74, 6) is 2.25. The first-order valence-corrected chi connectivity index (χ1v) is 5.97. The zero-order chi connectivity index (χ0) is 11.9. The van der Waals surface area contributed by atoms with E-state index in [4.69, 9.17) is 14.2 Å². The van der Waals surface area contributed by atoms with Crippen molar-refractivity contribution < 1.29 is 14.2 Å². The van der Waals surface area contributed by atoms with Gasteiger partial charge >= 0.3 is 0 Å². The lowest BCUT2D eigenvalue weighted by Gasteiger charge is -2.08. The second kappa shape index (κ2) is 3.74. The maximum Gasteiger partial charge on any atom is 0.231 e. The minimum Gasteiger partial charge on any atom is -0.476 e. The molecule has 92 valence electrons. The van der Waals surface area contributed by atoms with Gasteiger partial charge in [0, 0.05) is 30.1 Å². The number of rotatable bonds is 0. The van der Waals surface area contributed by atoms with Gasteiger partial charge in [-0.2, -0.15) is 0 Å². The molecule has 1 aromatic heterocycles. The molecule has 2 aliphatic rings. The normalized spacial score (nSPS) is 17.1. The Balaban J connectivity index is 1.92. The Kier molecular flexibility index (Phi) is 2.07. The first-order valence-electron chi connectivity index (χ1n) is 5.97. The van der Waals surface area contributed by atoms with Crippen LogP contribution in [0.15, 0.2) is 18.2 Å². The van der Waals surface area contributed by atoms with Gasteiger partial charge in [0.05, 0.1) is 5.52 Å². The third-order valence-electron chi connectivity index (χ3n) is 3.18. The maximum absolute atomic E-state index is 5.63. The number of hydrogen-bond acceptors (Lipinski definition) is 5. The van der Waals surface area contributed by atoms with Gasteiger partial charge in [-0.15, -0.1) is 0 Å². The highest BCUT2D eigenvalue weighted by molar-refractivity contribution is 5.84. The molecule has 0 saturated heterocycles. The number of nitrogens with one attached hydrogen (secondary N) is 1. The van der Waals surface area contributed by atoms with Crippen molar-refractivity contribution in [2.75, 3.05) is 19.9 Å². The third kappa shape index (κ3) is 1.48. The van der Waals surface area contributed by atoms with Gasteiger partial charge in [0.1, 0.15) is 6.61 Å². The fourth-order valence-electron chi connectivity index (χ4n) is 2.28. The minimum absolute atomic E-state index is 0.281. The summed E-state index contributed by atoms with van der Waals surface area (Å²) in [7, 11) is 0. The van der Waals surface area contributed by atoms with Crippen LogP contribution in [0.1, 0.15) is 5.56 Å². The fourth-order valence-corrected chi connectivity index (χ4v) is 2.28. The van der Waals surface area contributed by atoms with E-state index in [9.17, 15) is 0 Å². The highest BCUT2D eigenvalue weighted by Gasteiger charge is 2.17. The van der Waals surface area contributed by atoms with E-state index >= 15 is 0 Å². The van der Waals surface area contributed by atoms with Crippen LogP contribution in [0, 0.1) is 0 Å². The van der Waals surface area contributed by atoms with Crippen LogP contribution >= 0.6 is 0 Å². The predicted molar refractivity (Wildman–Crippen MR) is 65.1 cm³/mol. The van der Waals surface area contributed by atoms with E-state index in [1.807, 2.05) is 12.1 Å². The Bertz CT molecular complexity index is 575. The van der Waals surface area contributed by atoms with Crippen LogP contribution in [0.25, 0.3) is 10.9 Å². The van der Waals surface area contributed by atoms with Crippen LogP contribution in [0.5, 0.6) is 17.4 Å². The minimum atomic E-state index is 0.281. The Hall–Kier alpha value is -2.01. The molecule has 2 aromatic rings. The molecule has 18 heavy (non-hydrogen) atoms. The Labute approximate surface area is 104 Å². The molecular weight excluding hydrogens is 232 g/mol. The van der Waals surface area contributed by atoms with E-state index in [-0.39, 0.29) is 6.79 Å². The van der Waals surface area contributed by atoms with Crippen molar-refractivity contribution in [3.63, 3.8) is 0 Å². The first kappa shape index (κ1) is 9.96. The van der Waals surface area contributed by atoms with Crippen molar-refractivity contribution in [3.8, 4) is 17.4 Å². The van der Waals surface area contributed by atoms with E-state index in [0.717, 1.165) is 41.1 Å². The van der Waals surface area contributed by atoms with Crippen molar-refractivity contribution in [2.45, 2.75) is 6.54 Å². The van der Waals surface area contributed by atoms with Crippen LogP contribution in [0.2, 0.25) is 0 Å².